The summed E-state index contributed by atoms with van der Waals surface area (Å²) in [7, 11) is 0. The fraction of sp³-hybridized carbons (Fsp3) is 0. The van der Waals surface area contributed by atoms with Crippen molar-refractivity contribution in [1.82, 2.24) is 0 Å². The number of hydrogen-bond acceptors (Lipinski definition) is 2. The van der Waals surface area contributed by atoms with Gasteiger partial charge in [0.15, 0.2) is 11.8 Å². The molecular formula is C9H7BrF2N6. The zero-order chi connectivity index (χ0) is 13.9. The van der Waals surface area contributed by atoms with Gasteiger partial charge in [0.2, 0.25) is 5.96 Å². The number of guanidine groups is 2. The predicted octanol–water partition coefficient (Wildman–Crippen LogP) is 0.819. The van der Waals surface area contributed by atoms with Gasteiger partial charge in [0.05, 0.1) is 0 Å². The first-order chi connectivity index (χ1) is 8.36. The van der Waals surface area contributed by atoms with Crippen LogP contribution in [-0.2, 0) is 0 Å². The lowest BCUT2D eigenvalue weighted by Crippen LogP contribution is -2.26. The van der Waals surface area contributed by atoms with Crippen LogP contribution in [0.5, 0.6) is 0 Å². The molecule has 6 N–H and O–H groups in total. The number of nitrogens with two attached hydrogens (primary N) is 3. The second-order valence-electron chi connectivity index (χ2n) is 3.00. The summed E-state index contributed by atoms with van der Waals surface area (Å²) in [6.07, 6.45) is 0. The third kappa shape index (κ3) is 2.92. The van der Waals surface area contributed by atoms with Gasteiger partial charge >= 0.3 is 0 Å². The molecule has 18 heavy (non-hydrogen) atoms. The van der Waals surface area contributed by atoms with E-state index in [1.807, 2.05) is 0 Å². The van der Waals surface area contributed by atoms with E-state index in [1.165, 1.54) is 6.07 Å². The summed E-state index contributed by atoms with van der Waals surface area (Å²) >= 11 is 2.89. The van der Waals surface area contributed by atoms with E-state index in [4.69, 9.17) is 22.5 Å². The van der Waals surface area contributed by atoms with E-state index in [0.717, 1.165) is 6.07 Å². The first kappa shape index (κ1) is 13.9. The Morgan fingerprint density at radius 3 is 2.44 bits per heavy atom. The van der Waals surface area contributed by atoms with Gasteiger partial charge < -0.3 is 17.2 Å². The van der Waals surface area contributed by atoms with Gasteiger partial charge in [0.25, 0.3) is 0 Å². The first-order valence-corrected chi connectivity index (χ1v) is 5.17. The Morgan fingerprint density at radius 1 is 1.33 bits per heavy atom. The molecule has 0 amide bonds. The van der Waals surface area contributed by atoms with Crippen molar-refractivity contribution in [3.05, 3.63) is 27.7 Å². The Labute approximate surface area is 109 Å². The molecule has 6 nitrogen and oxygen atoms in total. The van der Waals surface area contributed by atoms with Gasteiger partial charge in [-0.15, -0.1) is 0 Å². The number of nitrogens with zero attached hydrogens (tertiary/aromatic N) is 3. The SMILES string of the molecule is N#Cc1c(F)cc(Br)c(N=C(N)N=C(N)N)c1F. The highest BCUT2D eigenvalue weighted by Crippen LogP contribution is 2.32. The molecule has 0 fully saturated rings. The Morgan fingerprint density at radius 2 is 1.94 bits per heavy atom. The summed E-state index contributed by atoms with van der Waals surface area (Å²) in [6, 6.07) is 2.27. The maximum atomic E-state index is 13.7. The molecule has 0 spiro atoms. The van der Waals surface area contributed by atoms with E-state index in [1.54, 1.807) is 0 Å². The lowest BCUT2D eigenvalue weighted by molar-refractivity contribution is 0.577. The molecule has 1 aromatic rings. The monoisotopic (exact) mass is 316 g/mol. The van der Waals surface area contributed by atoms with Crippen molar-refractivity contribution in [3.8, 4) is 6.07 Å². The van der Waals surface area contributed by atoms with Gasteiger partial charge in [-0.3, -0.25) is 0 Å². The maximum absolute atomic E-state index is 13.7. The number of rotatable bonds is 1. The van der Waals surface area contributed by atoms with E-state index in [9.17, 15) is 8.78 Å². The molecule has 9 heteroatoms. The molecule has 0 radical (unpaired) electrons. The molecule has 0 aliphatic heterocycles. The maximum Gasteiger partial charge on any atom is 0.223 e. The van der Waals surface area contributed by atoms with Crippen LogP contribution in [0.25, 0.3) is 0 Å². The third-order valence-electron chi connectivity index (χ3n) is 1.73. The molecule has 0 atom stereocenters. The minimum atomic E-state index is -1.15. The second kappa shape index (κ2) is 5.42. The minimum Gasteiger partial charge on any atom is -0.370 e. The van der Waals surface area contributed by atoms with Gasteiger partial charge in [0, 0.05) is 4.47 Å². The van der Waals surface area contributed by atoms with E-state index in [0.29, 0.717) is 0 Å². The van der Waals surface area contributed by atoms with Gasteiger partial charge in [-0.2, -0.15) is 10.3 Å². The Balaban J connectivity index is 3.44. The van der Waals surface area contributed by atoms with Crippen LogP contribution in [0.2, 0.25) is 0 Å². The van der Waals surface area contributed by atoms with Crippen molar-refractivity contribution in [2.24, 2.45) is 27.2 Å². The topological polar surface area (TPSA) is 127 Å². The fourth-order valence-corrected chi connectivity index (χ4v) is 1.52. The van der Waals surface area contributed by atoms with Gasteiger partial charge in [-0.05, 0) is 22.0 Å². The van der Waals surface area contributed by atoms with Crippen LogP contribution < -0.4 is 17.2 Å². The molecule has 0 aliphatic rings. The summed E-state index contributed by atoms with van der Waals surface area (Å²) < 4.78 is 26.9. The smallest absolute Gasteiger partial charge is 0.223 e. The van der Waals surface area contributed by atoms with Crippen molar-refractivity contribution in [2.75, 3.05) is 0 Å². The van der Waals surface area contributed by atoms with Crippen molar-refractivity contribution in [1.29, 1.82) is 5.26 Å². The molecule has 0 heterocycles. The first-order valence-electron chi connectivity index (χ1n) is 4.38. The number of halogens is 3. The van der Waals surface area contributed by atoms with E-state index < -0.39 is 23.2 Å². The van der Waals surface area contributed by atoms with E-state index in [2.05, 4.69) is 25.9 Å². The third-order valence-corrected chi connectivity index (χ3v) is 2.33. The van der Waals surface area contributed by atoms with Crippen LogP contribution in [0, 0.1) is 23.0 Å². The Hall–Kier alpha value is -2.21. The van der Waals surface area contributed by atoms with Crippen molar-refractivity contribution in [3.63, 3.8) is 0 Å². The molecule has 0 saturated heterocycles. The van der Waals surface area contributed by atoms with Crippen LogP contribution in [0.1, 0.15) is 5.56 Å². The van der Waals surface area contributed by atoms with Crippen LogP contribution >= 0.6 is 15.9 Å². The average molecular weight is 317 g/mol. The molecule has 0 aliphatic carbocycles. The molecule has 1 rings (SSSR count). The summed E-state index contributed by atoms with van der Waals surface area (Å²) in [4.78, 5) is 6.92. The Bertz CT molecular complexity index is 586. The number of nitriles is 1. The number of benzene rings is 1. The molecule has 1 aromatic carbocycles. The summed E-state index contributed by atoms with van der Waals surface area (Å²) in [5, 5.41) is 8.60. The van der Waals surface area contributed by atoms with Crippen LogP contribution in [-0.4, -0.2) is 11.9 Å². The van der Waals surface area contributed by atoms with Crippen LogP contribution in [0.15, 0.2) is 20.5 Å². The van der Waals surface area contributed by atoms with E-state index >= 15 is 0 Å². The zero-order valence-corrected chi connectivity index (χ0v) is 10.4. The minimum absolute atomic E-state index is 0.0229. The molecule has 0 saturated carbocycles. The predicted molar refractivity (Wildman–Crippen MR) is 65.9 cm³/mol. The van der Waals surface area contributed by atoms with E-state index in [-0.39, 0.29) is 16.1 Å². The second-order valence-corrected chi connectivity index (χ2v) is 3.85. The van der Waals surface area contributed by atoms with Gasteiger partial charge in [0.1, 0.15) is 23.1 Å². The fourth-order valence-electron chi connectivity index (χ4n) is 1.06. The van der Waals surface area contributed by atoms with Crippen LogP contribution in [0.3, 0.4) is 0 Å². The summed E-state index contributed by atoms with van der Waals surface area (Å²) in [5.41, 5.74) is 14.3. The standard InChI is InChI=1S/C9H7BrF2N6/c10-4-1-5(11)3(2-13)6(12)7(4)17-9(16)18-8(14)15/h1H,(H6,14,15,16,17,18). The molecule has 0 unspecified atom stereocenters. The summed E-state index contributed by atoms with van der Waals surface area (Å²) in [6.45, 7) is 0. The largest absolute Gasteiger partial charge is 0.370 e. The average Bonchev–Trinajstić information content (AvgIpc) is 2.23. The highest BCUT2D eigenvalue weighted by Gasteiger charge is 2.17. The Kier molecular flexibility index (Phi) is 4.17. The molecule has 0 aromatic heterocycles. The highest BCUT2D eigenvalue weighted by atomic mass is 79.9. The quantitative estimate of drug-likeness (QED) is 0.523. The molecular weight excluding hydrogens is 310 g/mol. The van der Waals surface area contributed by atoms with Crippen molar-refractivity contribution < 1.29 is 8.78 Å². The van der Waals surface area contributed by atoms with Crippen molar-refractivity contribution >= 4 is 33.5 Å². The number of aliphatic imine (C=N–C) groups is 2. The highest BCUT2D eigenvalue weighted by molar-refractivity contribution is 9.10. The van der Waals surface area contributed by atoms with Crippen molar-refractivity contribution in [2.45, 2.75) is 0 Å². The molecule has 0 bridgehead atoms. The summed E-state index contributed by atoms with van der Waals surface area (Å²) in [5.74, 6) is -2.96. The normalized spacial score (nSPS) is 10.9. The van der Waals surface area contributed by atoms with Crippen LogP contribution in [0.4, 0.5) is 14.5 Å². The molecule has 94 valence electrons. The lowest BCUT2D eigenvalue weighted by atomic mass is 10.2. The lowest BCUT2D eigenvalue weighted by Gasteiger charge is -2.04. The van der Waals surface area contributed by atoms with Gasteiger partial charge in [-0.1, -0.05) is 0 Å². The number of hydrogen-bond donors (Lipinski definition) is 3. The zero-order valence-electron chi connectivity index (χ0n) is 8.78. The van der Waals surface area contributed by atoms with Gasteiger partial charge in [-0.25, -0.2) is 13.8 Å².